The molecule has 0 spiro atoms. The number of rotatable bonds is 7. The summed E-state index contributed by atoms with van der Waals surface area (Å²) in [5.74, 6) is 0.822. The van der Waals surface area contributed by atoms with E-state index in [0.717, 1.165) is 11.1 Å². The summed E-state index contributed by atoms with van der Waals surface area (Å²) in [6.07, 6.45) is 0. The monoisotopic (exact) mass is 496 g/mol. The summed E-state index contributed by atoms with van der Waals surface area (Å²) in [4.78, 5) is 12.7. The van der Waals surface area contributed by atoms with Gasteiger partial charge in [0.15, 0.2) is 16.6 Å². The van der Waals surface area contributed by atoms with Crippen molar-refractivity contribution >= 4 is 23.3 Å². The lowest BCUT2D eigenvalue weighted by Crippen LogP contribution is -2.45. The standard InChI is InChI=1S/C28H36N2O4S/c1-9-33-26(31)24-18(4)29-27(35)30-25(24)19-10-11-22(23(14-19)32-8)34-15-21-16(2)12-20(13-17(21)3)28(5,6)7/h10-14,25H,9,15H2,1-8H3,(H2,29,30,35)/t25-/m1/s1. The van der Waals surface area contributed by atoms with Gasteiger partial charge in [0.25, 0.3) is 0 Å². The van der Waals surface area contributed by atoms with Gasteiger partial charge in [-0.15, -0.1) is 0 Å². The fourth-order valence-electron chi connectivity index (χ4n) is 4.21. The van der Waals surface area contributed by atoms with Gasteiger partial charge in [-0.3, -0.25) is 0 Å². The molecule has 1 aliphatic rings. The third kappa shape index (κ3) is 5.96. The van der Waals surface area contributed by atoms with Crippen molar-refractivity contribution < 1.29 is 19.0 Å². The molecule has 0 fully saturated rings. The number of carbonyl (C=O) groups excluding carboxylic acids is 1. The van der Waals surface area contributed by atoms with Crippen LogP contribution in [0, 0.1) is 13.8 Å². The fourth-order valence-corrected chi connectivity index (χ4v) is 4.48. The van der Waals surface area contributed by atoms with Gasteiger partial charge in [0, 0.05) is 5.70 Å². The van der Waals surface area contributed by atoms with Crippen molar-refractivity contribution in [2.45, 2.75) is 66.5 Å². The average Bonchev–Trinajstić information content (AvgIpc) is 2.77. The Morgan fingerprint density at radius 2 is 1.71 bits per heavy atom. The smallest absolute Gasteiger partial charge is 0.338 e. The zero-order valence-corrected chi connectivity index (χ0v) is 22.7. The van der Waals surface area contributed by atoms with E-state index in [4.69, 9.17) is 26.4 Å². The van der Waals surface area contributed by atoms with Crippen LogP contribution < -0.4 is 20.1 Å². The van der Waals surface area contributed by atoms with Crippen molar-refractivity contribution in [2.75, 3.05) is 13.7 Å². The molecule has 0 aliphatic carbocycles. The maximum Gasteiger partial charge on any atom is 0.338 e. The third-order valence-electron chi connectivity index (χ3n) is 6.22. The first-order valence-electron chi connectivity index (χ1n) is 11.8. The van der Waals surface area contributed by atoms with E-state index in [-0.39, 0.29) is 11.4 Å². The molecule has 6 nitrogen and oxygen atoms in total. The number of thiocarbonyl (C=S) groups is 1. The molecule has 1 heterocycles. The maximum absolute atomic E-state index is 12.7. The number of methoxy groups -OCH3 is 1. The quantitative estimate of drug-likeness (QED) is 0.385. The van der Waals surface area contributed by atoms with Crippen LogP contribution in [0.3, 0.4) is 0 Å². The first-order valence-corrected chi connectivity index (χ1v) is 12.2. The molecule has 0 amide bonds. The van der Waals surface area contributed by atoms with Crippen molar-refractivity contribution in [3.8, 4) is 11.5 Å². The molecule has 2 N–H and O–H groups in total. The van der Waals surface area contributed by atoms with Crippen LogP contribution in [0.5, 0.6) is 11.5 Å². The molecule has 0 aromatic heterocycles. The van der Waals surface area contributed by atoms with Gasteiger partial charge in [0.2, 0.25) is 0 Å². The topological polar surface area (TPSA) is 68.8 Å². The summed E-state index contributed by atoms with van der Waals surface area (Å²) in [6, 6.07) is 9.67. The largest absolute Gasteiger partial charge is 0.493 e. The number of ether oxygens (including phenoxy) is 3. The number of allylic oxidation sites excluding steroid dienone is 1. The molecule has 3 rings (SSSR count). The average molecular weight is 497 g/mol. The van der Waals surface area contributed by atoms with E-state index in [1.165, 1.54) is 16.7 Å². The van der Waals surface area contributed by atoms with E-state index in [1.807, 2.05) is 25.1 Å². The summed E-state index contributed by atoms with van der Waals surface area (Å²) >= 11 is 5.34. The van der Waals surface area contributed by atoms with Crippen molar-refractivity contribution in [1.82, 2.24) is 10.6 Å². The van der Waals surface area contributed by atoms with E-state index >= 15 is 0 Å². The van der Waals surface area contributed by atoms with Crippen molar-refractivity contribution in [3.63, 3.8) is 0 Å². The molecule has 1 aliphatic heterocycles. The zero-order chi connectivity index (χ0) is 25.9. The Kier molecular flexibility index (Phi) is 8.11. The summed E-state index contributed by atoms with van der Waals surface area (Å²) in [5.41, 5.74) is 6.96. The summed E-state index contributed by atoms with van der Waals surface area (Å²) in [5, 5.41) is 6.64. The minimum atomic E-state index is -0.458. The third-order valence-corrected chi connectivity index (χ3v) is 6.44. The molecule has 0 saturated carbocycles. The van der Waals surface area contributed by atoms with Gasteiger partial charge in [0.05, 0.1) is 25.3 Å². The van der Waals surface area contributed by atoms with Crippen LogP contribution in [0.2, 0.25) is 0 Å². The predicted octanol–water partition coefficient (Wildman–Crippen LogP) is 5.54. The molecular weight excluding hydrogens is 460 g/mol. The molecule has 35 heavy (non-hydrogen) atoms. The van der Waals surface area contributed by atoms with Crippen LogP contribution in [-0.4, -0.2) is 24.8 Å². The van der Waals surface area contributed by atoms with Gasteiger partial charge in [-0.05, 0) is 85.3 Å². The number of esters is 1. The number of hydrogen-bond acceptors (Lipinski definition) is 5. The molecule has 0 radical (unpaired) electrons. The fraction of sp³-hybridized carbons (Fsp3) is 0.429. The van der Waals surface area contributed by atoms with Crippen LogP contribution in [0.4, 0.5) is 0 Å². The van der Waals surface area contributed by atoms with E-state index in [1.54, 1.807) is 14.0 Å². The van der Waals surface area contributed by atoms with Crippen LogP contribution >= 0.6 is 12.2 Å². The second-order valence-corrected chi connectivity index (χ2v) is 10.2. The Labute approximate surface area is 214 Å². The SMILES string of the molecule is CCOC(=O)C1=C(C)NC(=S)N[C@@H]1c1ccc(OCc2c(C)cc(C(C)(C)C)cc2C)c(OC)c1. The van der Waals surface area contributed by atoms with Crippen LogP contribution in [-0.2, 0) is 21.6 Å². The Morgan fingerprint density at radius 3 is 2.29 bits per heavy atom. The minimum Gasteiger partial charge on any atom is -0.493 e. The molecule has 188 valence electrons. The summed E-state index contributed by atoms with van der Waals surface area (Å²) in [7, 11) is 1.61. The lowest BCUT2D eigenvalue weighted by molar-refractivity contribution is -0.139. The van der Waals surface area contributed by atoms with Crippen molar-refractivity contribution in [3.05, 3.63) is 69.4 Å². The molecule has 7 heteroatoms. The van der Waals surface area contributed by atoms with E-state index in [9.17, 15) is 4.79 Å². The molecule has 0 bridgehead atoms. The zero-order valence-electron chi connectivity index (χ0n) is 21.9. The van der Waals surface area contributed by atoms with Crippen LogP contribution in [0.25, 0.3) is 0 Å². The van der Waals surface area contributed by atoms with Gasteiger partial charge in [-0.2, -0.15) is 0 Å². The normalized spacial score (nSPS) is 15.9. The molecule has 0 saturated heterocycles. The van der Waals surface area contributed by atoms with Gasteiger partial charge in [-0.25, -0.2) is 4.79 Å². The number of carbonyl (C=O) groups is 1. The Bertz CT molecular complexity index is 1140. The molecule has 1 atom stereocenters. The lowest BCUT2D eigenvalue weighted by Gasteiger charge is -2.30. The highest BCUT2D eigenvalue weighted by atomic mass is 32.1. The second kappa shape index (κ2) is 10.7. The van der Waals surface area contributed by atoms with Gasteiger partial charge in [-0.1, -0.05) is 39.0 Å². The van der Waals surface area contributed by atoms with Crippen molar-refractivity contribution in [2.24, 2.45) is 0 Å². The van der Waals surface area contributed by atoms with Gasteiger partial charge in [0.1, 0.15) is 6.61 Å². The number of nitrogens with one attached hydrogen (secondary N) is 2. The Balaban J connectivity index is 1.88. The molecule has 2 aromatic carbocycles. The first-order chi connectivity index (χ1) is 16.5. The predicted molar refractivity (Wildman–Crippen MR) is 143 cm³/mol. The van der Waals surface area contributed by atoms with E-state index < -0.39 is 6.04 Å². The molecule has 0 unspecified atom stereocenters. The van der Waals surface area contributed by atoms with Crippen molar-refractivity contribution in [1.29, 1.82) is 0 Å². The number of aryl methyl sites for hydroxylation is 2. The minimum absolute atomic E-state index is 0.0914. The highest BCUT2D eigenvalue weighted by Crippen LogP contribution is 2.35. The highest BCUT2D eigenvalue weighted by Gasteiger charge is 2.31. The van der Waals surface area contributed by atoms with Crippen LogP contribution in [0.1, 0.15) is 68.5 Å². The summed E-state index contributed by atoms with van der Waals surface area (Å²) < 4.78 is 17.1. The van der Waals surface area contributed by atoms with E-state index in [2.05, 4.69) is 57.4 Å². The van der Waals surface area contributed by atoms with Crippen LogP contribution in [0.15, 0.2) is 41.6 Å². The maximum atomic E-state index is 12.7. The number of hydrogen-bond donors (Lipinski definition) is 2. The first kappa shape index (κ1) is 26.5. The van der Waals surface area contributed by atoms with E-state index in [0.29, 0.717) is 41.1 Å². The molecule has 2 aromatic rings. The van der Waals surface area contributed by atoms with Gasteiger partial charge >= 0.3 is 5.97 Å². The second-order valence-electron chi connectivity index (χ2n) is 9.83. The summed E-state index contributed by atoms with van der Waals surface area (Å²) in [6.45, 7) is 15.2. The Hall–Kier alpha value is -3.06. The highest BCUT2D eigenvalue weighted by molar-refractivity contribution is 7.80. The molecular formula is C28H36N2O4S. The lowest BCUT2D eigenvalue weighted by atomic mass is 9.84. The Morgan fingerprint density at radius 1 is 1.06 bits per heavy atom. The van der Waals surface area contributed by atoms with Gasteiger partial charge < -0.3 is 24.8 Å². The number of benzene rings is 2.